The van der Waals surface area contributed by atoms with Gasteiger partial charge in [-0.05, 0) is 31.4 Å². The zero-order chi connectivity index (χ0) is 21.5. The highest BCUT2D eigenvalue weighted by Gasteiger charge is 2.72. The van der Waals surface area contributed by atoms with Gasteiger partial charge in [-0.2, -0.15) is 5.10 Å². The van der Waals surface area contributed by atoms with Gasteiger partial charge in [0.15, 0.2) is 0 Å². The fraction of sp³-hybridized carbons (Fsp3) is 0.364. The molecule has 1 saturated carbocycles. The first-order chi connectivity index (χ1) is 14.3. The maximum atomic E-state index is 12.7. The predicted molar refractivity (Wildman–Crippen MR) is 116 cm³/mol. The van der Waals surface area contributed by atoms with Crippen LogP contribution in [0.4, 0.5) is 5.69 Å². The Balaban J connectivity index is 1.61. The molecule has 1 aromatic carbocycles. The van der Waals surface area contributed by atoms with E-state index in [2.05, 4.69) is 21.2 Å². The first kappa shape index (κ1) is 20.3. The van der Waals surface area contributed by atoms with Gasteiger partial charge in [0, 0.05) is 27.6 Å². The number of hydrazone groups is 1. The molecule has 3 atom stereocenters. The highest BCUT2D eigenvalue weighted by Crippen LogP contribution is 2.62. The van der Waals surface area contributed by atoms with Gasteiger partial charge >= 0.3 is 0 Å². The molecule has 3 N–H and O–H groups in total. The highest BCUT2D eigenvalue weighted by molar-refractivity contribution is 7.10. The summed E-state index contributed by atoms with van der Waals surface area (Å²) in [5.41, 5.74) is 3.79. The average Bonchev–Trinajstić information content (AvgIpc) is 3.03. The molecule has 30 heavy (non-hydrogen) atoms. The van der Waals surface area contributed by atoms with Crippen molar-refractivity contribution in [1.82, 2.24) is 10.7 Å². The normalized spacial score (nSPS) is 24.5. The number of para-hydroxylation sites is 1. The van der Waals surface area contributed by atoms with Gasteiger partial charge in [0.1, 0.15) is 0 Å². The molecule has 0 saturated heterocycles. The molecule has 3 amide bonds. The van der Waals surface area contributed by atoms with Crippen LogP contribution < -0.4 is 16.1 Å². The van der Waals surface area contributed by atoms with Gasteiger partial charge < -0.3 is 10.6 Å². The van der Waals surface area contributed by atoms with Gasteiger partial charge in [0.05, 0.1) is 24.0 Å². The second kappa shape index (κ2) is 7.68. The van der Waals surface area contributed by atoms with Crippen molar-refractivity contribution in [2.24, 2.45) is 22.4 Å². The quantitative estimate of drug-likeness (QED) is 0.664. The predicted octanol–water partition coefficient (Wildman–Crippen LogP) is 2.54. The number of hydrogen-bond acceptors (Lipinski definition) is 5. The van der Waals surface area contributed by atoms with Crippen molar-refractivity contribution in [2.75, 3.05) is 5.32 Å². The Hall–Kier alpha value is -3.00. The number of nitrogens with one attached hydrogen (secondary N) is 3. The fourth-order valence-electron chi connectivity index (χ4n) is 4.24. The summed E-state index contributed by atoms with van der Waals surface area (Å²) in [7, 11) is 0. The van der Waals surface area contributed by atoms with Crippen LogP contribution in [0.3, 0.4) is 0 Å². The molecule has 4 rings (SSSR count). The minimum Gasteiger partial charge on any atom is -0.354 e. The van der Waals surface area contributed by atoms with Crippen LogP contribution >= 0.6 is 11.3 Å². The number of fused-ring (bicyclic) bond motifs is 1. The van der Waals surface area contributed by atoms with Gasteiger partial charge in [-0.15, -0.1) is 11.3 Å². The summed E-state index contributed by atoms with van der Waals surface area (Å²) in [5, 5.41) is 12.1. The van der Waals surface area contributed by atoms with Crippen molar-refractivity contribution in [3.8, 4) is 0 Å². The number of benzene rings is 1. The Morgan fingerprint density at radius 2 is 2.00 bits per heavy atom. The third kappa shape index (κ3) is 3.52. The molecule has 1 aliphatic carbocycles. The minimum atomic E-state index is -0.712. The van der Waals surface area contributed by atoms with E-state index in [9.17, 15) is 14.4 Å². The van der Waals surface area contributed by atoms with E-state index in [1.54, 1.807) is 0 Å². The molecule has 7 nitrogen and oxygen atoms in total. The van der Waals surface area contributed by atoms with Crippen molar-refractivity contribution >= 4 is 40.5 Å². The van der Waals surface area contributed by atoms with Crippen LogP contribution in [0.1, 0.15) is 31.2 Å². The zero-order valence-electron chi connectivity index (χ0n) is 17.1. The van der Waals surface area contributed by atoms with Crippen molar-refractivity contribution in [1.29, 1.82) is 0 Å². The zero-order valence-corrected chi connectivity index (χ0v) is 17.9. The third-order valence-corrected chi connectivity index (χ3v) is 6.55. The maximum Gasteiger partial charge on any atom is 0.245 e. The second-order valence-electron chi connectivity index (χ2n) is 8.19. The van der Waals surface area contributed by atoms with E-state index in [0.29, 0.717) is 17.0 Å². The van der Waals surface area contributed by atoms with E-state index in [4.69, 9.17) is 0 Å². The number of anilines is 1. The maximum absolute atomic E-state index is 12.7. The van der Waals surface area contributed by atoms with Crippen LogP contribution in [0.2, 0.25) is 0 Å². The molecular formula is C22H24N4O3S. The summed E-state index contributed by atoms with van der Waals surface area (Å²) < 4.78 is 0. The summed E-state index contributed by atoms with van der Waals surface area (Å²) in [4.78, 5) is 38.7. The Labute approximate surface area is 178 Å². The number of nitrogens with zero attached hydrogens (tertiary/aromatic N) is 1. The Kier molecular flexibility index (Phi) is 5.19. The summed E-state index contributed by atoms with van der Waals surface area (Å²) in [6.45, 7) is 5.67. The smallest absolute Gasteiger partial charge is 0.245 e. The first-order valence-electron chi connectivity index (χ1n) is 9.92. The molecule has 2 aromatic rings. The molecule has 0 unspecified atom stereocenters. The Morgan fingerprint density at radius 3 is 2.70 bits per heavy atom. The number of carbonyl (C=O) groups is 3. The first-order valence-corrected chi connectivity index (χ1v) is 10.8. The Bertz CT molecular complexity index is 1030. The summed E-state index contributed by atoms with van der Waals surface area (Å²) in [6, 6.07) is 11.2. The highest BCUT2D eigenvalue weighted by atomic mass is 32.1. The number of amides is 3. The lowest BCUT2D eigenvalue weighted by Crippen LogP contribution is -2.35. The largest absolute Gasteiger partial charge is 0.354 e. The third-order valence-electron chi connectivity index (χ3n) is 5.67. The molecular weight excluding hydrogens is 400 g/mol. The minimum absolute atomic E-state index is 0.0176. The van der Waals surface area contributed by atoms with E-state index in [0.717, 1.165) is 4.88 Å². The van der Waals surface area contributed by atoms with E-state index in [1.165, 1.54) is 11.3 Å². The molecule has 1 aliphatic heterocycles. The molecule has 0 spiro atoms. The van der Waals surface area contributed by atoms with Gasteiger partial charge in [-0.25, -0.2) is 5.43 Å². The van der Waals surface area contributed by atoms with Gasteiger partial charge in [0.2, 0.25) is 17.7 Å². The van der Waals surface area contributed by atoms with Crippen molar-refractivity contribution < 1.29 is 14.4 Å². The van der Waals surface area contributed by atoms with Crippen LogP contribution in [0, 0.1) is 17.3 Å². The Morgan fingerprint density at radius 1 is 1.23 bits per heavy atom. The average molecular weight is 425 g/mol. The standard InChI is InChI=1S/C22H24N4O3S/c1-12(2)23-20(28)17-18-21(29)26-25-19(22(17,18)3)14-8-4-5-9-15(14)24-16(27)11-13-7-6-10-30-13/h4-10,12,17-18H,11H2,1-3H3,(H,23,28)(H,24,27)(H,26,29)/t17-,18+,22+/m0/s1. The second-order valence-corrected chi connectivity index (χ2v) is 9.22. The lowest BCUT2D eigenvalue weighted by molar-refractivity contribution is -0.127. The molecule has 8 heteroatoms. The van der Waals surface area contributed by atoms with Gasteiger partial charge in [-0.3, -0.25) is 14.4 Å². The monoisotopic (exact) mass is 424 g/mol. The van der Waals surface area contributed by atoms with E-state index >= 15 is 0 Å². The SMILES string of the molecule is CC(C)NC(=O)[C@@H]1[C@@H]2C(=O)NN=C(c3ccccc3NC(=O)Cc3cccs3)[C@]12C. The molecule has 156 valence electrons. The van der Waals surface area contributed by atoms with Crippen LogP contribution in [0.5, 0.6) is 0 Å². The number of thiophene rings is 1. The number of rotatable bonds is 6. The van der Waals surface area contributed by atoms with E-state index in [1.807, 2.05) is 62.5 Å². The fourth-order valence-corrected chi connectivity index (χ4v) is 4.95. The van der Waals surface area contributed by atoms with Crippen LogP contribution in [-0.4, -0.2) is 29.5 Å². The van der Waals surface area contributed by atoms with Crippen LogP contribution in [0.15, 0.2) is 46.9 Å². The molecule has 1 fully saturated rings. The molecule has 2 aliphatic rings. The number of carbonyl (C=O) groups excluding carboxylic acids is 3. The van der Waals surface area contributed by atoms with Crippen LogP contribution in [0.25, 0.3) is 0 Å². The lowest BCUT2D eigenvalue weighted by atomic mass is 9.89. The van der Waals surface area contributed by atoms with Gasteiger partial charge in [-0.1, -0.05) is 31.2 Å². The number of hydrogen-bond donors (Lipinski definition) is 3. The van der Waals surface area contributed by atoms with Crippen molar-refractivity contribution in [2.45, 2.75) is 33.2 Å². The van der Waals surface area contributed by atoms with E-state index in [-0.39, 0.29) is 30.2 Å². The van der Waals surface area contributed by atoms with Crippen molar-refractivity contribution in [3.63, 3.8) is 0 Å². The molecule has 2 heterocycles. The summed E-state index contributed by atoms with van der Waals surface area (Å²) in [5.74, 6) is -1.49. The van der Waals surface area contributed by atoms with Crippen molar-refractivity contribution in [3.05, 3.63) is 52.2 Å². The molecule has 1 aromatic heterocycles. The van der Waals surface area contributed by atoms with E-state index < -0.39 is 17.3 Å². The molecule has 0 bridgehead atoms. The lowest BCUT2D eigenvalue weighted by Gasteiger charge is -2.22. The summed E-state index contributed by atoms with van der Waals surface area (Å²) in [6.07, 6.45) is 0.286. The molecule has 0 radical (unpaired) electrons. The van der Waals surface area contributed by atoms with Crippen LogP contribution in [-0.2, 0) is 20.8 Å². The summed E-state index contributed by atoms with van der Waals surface area (Å²) >= 11 is 1.53. The van der Waals surface area contributed by atoms with Gasteiger partial charge in [0.25, 0.3) is 0 Å². The topological polar surface area (TPSA) is 99.7 Å².